The number of hydrogen-bond acceptors (Lipinski definition) is 3. The molecule has 0 atom stereocenters. The number of halogens is 3. The zero-order valence-electron chi connectivity index (χ0n) is 8.25. The third kappa shape index (κ3) is 1.97. The summed E-state index contributed by atoms with van der Waals surface area (Å²) in [5.41, 5.74) is 0.314. The standard InChI is InChI=1S/C10H7F3N2S/c1-16-8-6-4-2-3-5-7(6)14-9(15-8)10(11,12)13/h2-5H,1H3. The summed E-state index contributed by atoms with van der Waals surface area (Å²) in [6.45, 7) is 0. The highest BCUT2D eigenvalue weighted by molar-refractivity contribution is 7.98. The molecule has 0 bridgehead atoms. The van der Waals surface area contributed by atoms with Gasteiger partial charge >= 0.3 is 6.18 Å². The first-order chi connectivity index (χ1) is 7.52. The first-order valence-electron chi connectivity index (χ1n) is 4.40. The van der Waals surface area contributed by atoms with E-state index in [1.54, 1.807) is 30.5 Å². The van der Waals surface area contributed by atoms with Gasteiger partial charge in [-0.05, 0) is 12.3 Å². The number of para-hydroxylation sites is 1. The number of alkyl halides is 3. The zero-order chi connectivity index (χ0) is 11.8. The molecule has 2 nitrogen and oxygen atoms in total. The van der Waals surface area contributed by atoms with Gasteiger partial charge in [-0.3, -0.25) is 0 Å². The molecule has 2 rings (SSSR count). The van der Waals surface area contributed by atoms with Crippen molar-refractivity contribution in [3.05, 3.63) is 30.1 Å². The van der Waals surface area contributed by atoms with E-state index in [1.807, 2.05) is 0 Å². The van der Waals surface area contributed by atoms with E-state index in [2.05, 4.69) is 9.97 Å². The molecule has 1 heterocycles. The maximum absolute atomic E-state index is 12.5. The average molecular weight is 244 g/mol. The predicted octanol–water partition coefficient (Wildman–Crippen LogP) is 3.37. The highest BCUT2D eigenvalue weighted by Gasteiger charge is 2.35. The number of rotatable bonds is 1. The maximum Gasteiger partial charge on any atom is 0.451 e. The second kappa shape index (κ2) is 3.93. The number of nitrogens with zero attached hydrogens (tertiary/aromatic N) is 2. The van der Waals surface area contributed by atoms with Crippen LogP contribution in [0.25, 0.3) is 10.9 Å². The van der Waals surface area contributed by atoms with Gasteiger partial charge in [0.05, 0.1) is 5.52 Å². The Hall–Kier alpha value is -1.30. The lowest BCUT2D eigenvalue weighted by Gasteiger charge is -2.08. The fourth-order valence-electron chi connectivity index (χ4n) is 1.33. The van der Waals surface area contributed by atoms with Gasteiger partial charge in [-0.25, -0.2) is 9.97 Å². The lowest BCUT2D eigenvalue weighted by molar-refractivity contribution is -0.145. The summed E-state index contributed by atoms with van der Waals surface area (Å²) in [5.74, 6) is -1.09. The Morgan fingerprint density at radius 1 is 1.12 bits per heavy atom. The highest BCUT2D eigenvalue weighted by atomic mass is 32.2. The molecule has 0 amide bonds. The Bertz CT molecular complexity index is 525. The van der Waals surface area contributed by atoms with Crippen LogP contribution in [0.5, 0.6) is 0 Å². The quantitative estimate of drug-likeness (QED) is 0.568. The van der Waals surface area contributed by atoms with Crippen LogP contribution < -0.4 is 0 Å². The van der Waals surface area contributed by atoms with Crippen molar-refractivity contribution in [1.82, 2.24) is 9.97 Å². The first-order valence-corrected chi connectivity index (χ1v) is 5.63. The van der Waals surface area contributed by atoms with Crippen LogP contribution in [0.2, 0.25) is 0 Å². The van der Waals surface area contributed by atoms with Crippen LogP contribution in [0.15, 0.2) is 29.3 Å². The molecule has 0 aliphatic heterocycles. The molecule has 0 unspecified atom stereocenters. The Kier molecular flexibility index (Phi) is 2.75. The SMILES string of the molecule is CSc1nc(C(F)(F)F)nc2ccccc12. The fourth-order valence-corrected chi connectivity index (χ4v) is 1.90. The van der Waals surface area contributed by atoms with E-state index in [-0.39, 0.29) is 0 Å². The predicted molar refractivity (Wildman–Crippen MR) is 56.3 cm³/mol. The van der Waals surface area contributed by atoms with Gasteiger partial charge in [0.1, 0.15) is 5.03 Å². The molecule has 1 aromatic carbocycles. The molecule has 0 saturated carbocycles. The van der Waals surface area contributed by atoms with Crippen molar-refractivity contribution < 1.29 is 13.2 Å². The van der Waals surface area contributed by atoms with Gasteiger partial charge in [0.15, 0.2) is 0 Å². The lowest BCUT2D eigenvalue weighted by atomic mass is 10.2. The first kappa shape index (κ1) is 11.2. The zero-order valence-corrected chi connectivity index (χ0v) is 9.06. The summed E-state index contributed by atoms with van der Waals surface area (Å²) in [4.78, 5) is 7.02. The van der Waals surface area contributed by atoms with Crippen molar-refractivity contribution >= 4 is 22.7 Å². The van der Waals surface area contributed by atoms with E-state index < -0.39 is 12.0 Å². The summed E-state index contributed by atoms with van der Waals surface area (Å²) >= 11 is 1.18. The molecule has 0 radical (unpaired) electrons. The van der Waals surface area contributed by atoms with Crippen LogP contribution in [0.3, 0.4) is 0 Å². The summed E-state index contributed by atoms with van der Waals surface area (Å²) in [6, 6.07) is 6.66. The number of aromatic nitrogens is 2. The number of benzene rings is 1. The Labute approximate surface area is 93.9 Å². The minimum absolute atomic E-state index is 0.314. The smallest absolute Gasteiger partial charge is 0.224 e. The molecule has 6 heteroatoms. The topological polar surface area (TPSA) is 25.8 Å². The number of fused-ring (bicyclic) bond motifs is 1. The monoisotopic (exact) mass is 244 g/mol. The second-order valence-corrected chi connectivity index (χ2v) is 3.87. The molecule has 1 aromatic heterocycles. The minimum atomic E-state index is -4.51. The summed E-state index contributed by atoms with van der Waals surface area (Å²) in [5, 5.41) is 0.987. The third-order valence-electron chi connectivity index (χ3n) is 2.02. The van der Waals surface area contributed by atoms with E-state index in [1.165, 1.54) is 11.8 Å². The molecule has 0 spiro atoms. The fraction of sp³-hybridized carbons (Fsp3) is 0.200. The van der Waals surface area contributed by atoms with E-state index in [0.717, 1.165) is 0 Å². The van der Waals surface area contributed by atoms with Gasteiger partial charge in [-0.2, -0.15) is 13.2 Å². The highest BCUT2D eigenvalue weighted by Crippen LogP contribution is 2.30. The Morgan fingerprint density at radius 2 is 1.81 bits per heavy atom. The van der Waals surface area contributed by atoms with Gasteiger partial charge in [-0.1, -0.05) is 18.2 Å². The van der Waals surface area contributed by atoms with Crippen molar-refractivity contribution in [2.75, 3.05) is 6.26 Å². The molecular weight excluding hydrogens is 237 g/mol. The van der Waals surface area contributed by atoms with Crippen LogP contribution in [0.1, 0.15) is 5.82 Å². The average Bonchev–Trinajstić information content (AvgIpc) is 2.26. The normalized spacial score (nSPS) is 12.0. The lowest BCUT2D eigenvalue weighted by Crippen LogP contribution is -2.11. The second-order valence-electron chi connectivity index (χ2n) is 3.07. The van der Waals surface area contributed by atoms with E-state index in [9.17, 15) is 13.2 Å². The van der Waals surface area contributed by atoms with Crippen LogP contribution in [0.4, 0.5) is 13.2 Å². The van der Waals surface area contributed by atoms with E-state index >= 15 is 0 Å². The molecule has 0 aliphatic carbocycles. The van der Waals surface area contributed by atoms with Crippen molar-refractivity contribution in [1.29, 1.82) is 0 Å². The third-order valence-corrected chi connectivity index (χ3v) is 2.71. The molecule has 16 heavy (non-hydrogen) atoms. The molecule has 0 saturated heterocycles. The molecule has 84 valence electrons. The van der Waals surface area contributed by atoms with Crippen LogP contribution >= 0.6 is 11.8 Å². The van der Waals surface area contributed by atoms with Crippen LogP contribution in [-0.4, -0.2) is 16.2 Å². The van der Waals surface area contributed by atoms with Crippen molar-refractivity contribution in [2.24, 2.45) is 0 Å². The number of thioether (sulfide) groups is 1. The van der Waals surface area contributed by atoms with Crippen molar-refractivity contribution in [3.8, 4) is 0 Å². The van der Waals surface area contributed by atoms with Crippen LogP contribution in [-0.2, 0) is 6.18 Å². The molecule has 2 aromatic rings. The van der Waals surface area contributed by atoms with Gasteiger partial charge in [0, 0.05) is 5.39 Å². The summed E-state index contributed by atoms with van der Waals surface area (Å²) in [6.07, 6.45) is -2.82. The Balaban J connectivity index is 2.73. The summed E-state index contributed by atoms with van der Waals surface area (Å²) < 4.78 is 37.5. The van der Waals surface area contributed by atoms with Gasteiger partial charge in [0.25, 0.3) is 0 Å². The molecule has 0 aliphatic rings. The van der Waals surface area contributed by atoms with Gasteiger partial charge < -0.3 is 0 Å². The van der Waals surface area contributed by atoms with E-state index in [0.29, 0.717) is 15.9 Å². The van der Waals surface area contributed by atoms with Crippen molar-refractivity contribution in [2.45, 2.75) is 11.2 Å². The maximum atomic E-state index is 12.5. The van der Waals surface area contributed by atoms with Crippen molar-refractivity contribution in [3.63, 3.8) is 0 Å². The number of hydrogen-bond donors (Lipinski definition) is 0. The summed E-state index contributed by atoms with van der Waals surface area (Å²) in [7, 11) is 0. The van der Waals surface area contributed by atoms with E-state index in [4.69, 9.17) is 0 Å². The van der Waals surface area contributed by atoms with Gasteiger partial charge in [-0.15, -0.1) is 11.8 Å². The molecule has 0 N–H and O–H groups in total. The largest absolute Gasteiger partial charge is 0.451 e. The van der Waals surface area contributed by atoms with Gasteiger partial charge in [0.2, 0.25) is 5.82 Å². The van der Waals surface area contributed by atoms with Crippen LogP contribution in [0, 0.1) is 0 Å². The minimum Gasteiger partial charge on any atom is -0.224 e. The Morgan fingerprint density at radius 3 is 2.44 bits per heavy atom. The molecular formula is C10H7F3N2S. The molecule has 0 fully saturated rings.